The smallest absolute Gasteiger partial charge is 0.339 e. The molecule has 0 atom stereocenters. The zero-order valence-corrected chi connectivity index (χ0v) is 14.6. The van der Waals surface area contributed by atoms with Crippen LogP contribution in [0.25, 0.3) is 0 Å². The first kappa shape index (κ1) is 18.3. The highest BCUT2D eigenvalue weighted by molar-refractivity contribution is 7.87. The van der Waals surface area contributed by atoms with Crippen molar-refractivity contribution in [2.24, 2.45) is 0 Å². The van der Waals surface area contributed by atoms with Gasteiger partial charge in [-0.15, -0.1) is 0 Å². The van der Waals surface area contributed by atoms with Crippen molar-refractivity contribution in [2.75, 3.05) is 14.2 Å². The first-order valence-corrected chi connectivity index (χ1v) is 8.45. The van der Waals surface area contributed by atoms with Crippen LogP contribution in [0.2, 0.25) is 0 Å². The standard InChI is InChI=1S/C17H15NO6S/c1-11-4-6-13(17(19)23-3)9-16(11)25(20,21)24-14-7-5-12(10-18)8-15(14)22-2/h4-9H,1-3H3. The zero-order chi connectivity index (χ0) is 18.6. The summed E-state index contributed by atoms with van der Waals surface area (Å²) >= 11 is 0. The van der Waals surface area contributed by atoms with Crippen molar-refractivity contribution in [3.63, 3.8) is 0 Å². The average Bonchev–Trinajstić information content (AvgIpc) is 2.61. The molecule has 0 bridgehead atoms. The van der Waals surface area contributed by atoms with E-state index in [-0.39, 0.29) is 22.0 Å². The molecule has 2 aromatic carbocycles. The van der Waals surface area contributed by atoms with Crippen LogP contribution < -0.4 is 8.92 Å². The molecule has 8 heteroatoms. The summed E-state index contributed by atoms with van der Waals surface area (Å²) in [5, 5.41) is 8.89. The van der Waals surface area contributed by atoms with Crippen LogP contribution in [0, 0.1) is 18.3 Å². The highest BCUT2D eigenvalue weighted by atomic mass is 32.2. The average molecular weight is 361 g/mol. The van der Waals surface area contributed by atoms with E-state index in [1.54, 1.807) is 6.92 Å². The predicted octanol–water partition coefficient (Wildman–Crippen LogP) is 2.43. The molecule has 0 aliphatic heterocycles. The third-order valence-electron chi connectivity index (χ3n) is 3.37. The normalized spacial score (nSPS) is 10.6. The number of carbonyl (C=O) groups is 1. The summed E-state index contributed by atoms with van der Waals surface area (Å²) < 4.78 is 40.0. The summed E-state index contributed by atoms with van der Waals surface area (Å²) in [6, 6.07) is 10.2. The lowest BCUT2D eigenvalue weighted by molar-refractivity contribution is 0.0600. The van der Waals surface area contributed by atoms with Gasteiger partial charge in [-0.25, -0.2) is 4.79 Å². The molecule has 0 fully saturated rings. The van der Waals surface area contributed by atoms with Gasteiger partial charge in [0, 0.05) is 6.07 Å². The number of hydrogen-bond donors (Lipinski definition) is 0. The van der Waals surface area contributed by atoms with Crippen molar-refractivity contribution in [3.05, 3.63) is 53.1 Å². The molecule has 0 N–H and O–H groups in total. The largest absolute Gasteiger partial charge is 0.493 e. The van der Waals surface area contributed by atoms with Gasteiger partial charge in [-0.1, -0.05) is 6.07 Å². The lowest BCUT2D eigenvalue weighted by atomic mass is 10.1. The molecule has 0 aromatic heterocycles. The number of hydrogen-bond acceptors (Lipinski definition) is 7. The first-order chi connectivity index (χ1) is 11.8. The number of benzene rings is 2. The minimum atomic E-state index is -4.23. The van der Waals surface area contributed by atoms with Gasteiger partial charge in [0.25, 0.3) is 0 Å². The molecule has 0 saturated heterocycles. The quantitative estimate of drug-likeness (QED) is 0.595. The molecular formula is C17H15NO6S. The number of nitriles is 1. The van der Waals surface area contributed by atoms with Gasteiger partial charge in [-0.2, -0.15) is 13.7 Å². The molecule has 0 saturated carbocycles. The minimum Gasteiger partial charge on any atom is -0.493 e. The maximum absolute atomic E-state index is 12.6. The Balaban J connectivity index is 2.47. The van der Waals surface area contributed by atoms with Gasteiger partial charge in [-0.3, -0.25) is 0 Å². The van der Waals surface area contributed by atoms with Crippen molar-refractivity contribution in [1.29, 1.82) is 5.26 Å². The molecule has 7 nitrogen and oxygen atoms in total. The van der Waals surface area contributed by atoms with E-state index in [0.717, 1.165) is 0 Å². The van der Waals surface area contributed by atoms with Crippen molar-refractivity contribution in [3.8, 4) is 17.6 Å². The Hall–Kier alpha value is -3.05. The van der Waals surface area contributed by atoms with Crippen LogP contribution in [0.15, 0.2) is 41.3 Å². The molecule has 0 aliphatic rings. The highest BCUT2D eigenvalue weighted by Crippen LogP contribution is 2.31. The van der Waals surface area contributed by atoms with Gasteiger partial charge in [0.15, 0.2) is 11.5 Å². The van der Waals surface area contributed by atoms with Crippen molar-refractivity contribution < 1.29 is 26.9 Å². The van der Waals surface area contributed by atoms with E-state index in [2.05, 4.69) is 4.74 Å². The van der Waals surface area contributed by atoms with E-state index in [0.29, 0.717) is 11.1 Å². The van der Waals surface area contributed by atoms with Gasteiger partial charge in [-0.05, 0) is 36.8 Å². The van der Waals surface area contributed by atoms with Gasteiger partial charge in [0.05, 0.1) is 31.4 Å². The first-order valence-electron chi connectivity index (χ1n) is 7.04. The SMILES string of the molecule is COC(=O)c1ccc(C)c(S(=O)(=O)Oc2ccc(C#N)cc2OC)c1. The fourth-order valence-corrected chi connectivity index (χ4v) is 3.28. The molecule has 25 heavy (non-hydrogen) atoms. The molecule has 130 valence electrons. The zero-order valence-electron chi connectivity index (χ0n) is 13.8. The second-order valence-corrected chi connectivity index (χ2v) is 6.50. The van der Waals surface area contributed by atoms with Crippen LogP contribution in [0.4, 0.5) is 0 Å². The van der Waals surface area contributed by atoms with E-state index >= 15 is 0 Å². The molecular weight excluding hydrogens is 346 g/mol. The van der Waals surface area contributed by atoms with E-state index in [1.165, 1.54) is 50.6 Å². The monoisotopic (exact) mass is 361 g/mol. The summed E-state index contributed by atoms with van der Waals surface area (Å²) in [5.41, 5.74) is 0.785. The fraction of sp³-hybridized carbons (Fsp3) is 0.176. The van der Waals surface area contributed by atoms with Crippen molar-refractivity contribution in [1.82, 2.24) is 0 Å². The number of esters is 1. The van der Waals surface area contributed by atoms with Crippen LogP contribution in [-0.2, 0) is 14.9 Å². The summed E-state index contributed by atoms with van der Waals surface area (Å²) in [5.74, 6) is -0.624. The fourth-order valence-electron chi connectivity index (χ4n) is 2.08. The van der Waals surface area contributed by atoms with Crippen LogP contribution in [0.5, 0.6) is 11.5 Å². The van der Waals surface area contributed by atoms with Gasteiger partial charge in [0.2, 0.25) is 0 Å². The lowest BCUT2D eigenvalue weighted by Crippen LogP contribution is -2.13. The summed E-state index contributed by atoms with van der Waals surface area (Å²) in [6.07, 6.45) is 0. The number of nitrogens with zero attached hydrogens (tertiary/aromatic N) is 1. The molecule has 0 radical (unpaired) electrons. The minimum absolute atomic E-state index is 0.0654. The predicted molar refractivity (Wildman–Crippen MR) is 88.0 cm³/mol. The Morgan fingerprint density at radius 3 is 2.40 bits per heavy atom. The van der Waals surface area contributed by atoms with E-state index < -0.39 is 16.1 Å². The number of methoxy groups -OCH3 is 2. The Labute approximate surface area is 145 Å². The molecule has 0 unspecified atom stereocenters. The van der Waals surface area contributed by atoms with Gasteiger partial charge < -0.3 is 13.7 Å². The third-order valence-corrected chi connectivity index (χ3v) is 4.75. The summed E-state index contributed by atoms with van der Waals surface area (Å²) in [7, 11) is -1.70. The van der Waals surface area contributed by atoms with E-state index in [1.807, 2.05) is 6.07 Å². The molecule has 2 rings (SSSR count). The molecule has 2 aromatic rings. The topological polar surface area (TPSA) is 103 Å². The maximum Gasteiger partial charge on any atom is 0.339 e. The Morgan fingerprint density at radius 2 is 1.80 bits per heavy atom. The van der Waals surface area contributed by atoms with Crippen molar-refractivity contribution >= 4 is 16.1 Å². The van der Waals surface area contributed by atoms with Crippen LogP contribution >= 0.6 is 0 Å². The Morgan fingerprint density at radius 1 is 1.08 bits per heavy atom. The molecule has 0 aliphatic carbocycles. The van der Waals surface area contributed by atoms with Crippen LogP contribution in [0.1, 0.15) is 21.5 Å². The second kappa shape index (κ2) is 7.23. The molecule has 0 amide bonds. The van der Waals surface area contributed by atoms with Gasteiger partial charge >= 0.3 is 16.1 Å². The molecule has 0 heterocycles. The Bertz CT molecular complexity index is 960. The number of carbonyl (C=O) groups excluding carboxylic acids is 1. The number of rotatable bonds is 5. The van der Waals surface area contributed by atoms with E-state index in [4.69, 9.17) is 14.2 Å². The number of aryl methyl sites for hydroxylation is 1. The summed E-state index contributed by atoms with van der Waals surface area (Å²) in [4.78, 5) is 11.5. The second-order valence-electron chi connectivity index (χ2n) is 4.99. The van der Waals surface area contributed by atoms with Crippen molar-refractivity contribution in [2.45, 2.75) is 11.8 Å². The van der Waals surface area contributed by atoms with Crippen LogP contribution in [0.3, 0.4) is 0 Å². The summed E-state index contributed by atoms with van der Waals surface area (Å²) in [6.45, 7) is 1.58. The van der Waals surface area contributed by atoms with E-state index in [9.17, 15) is 13.2 Å². The maximum atomic E-state index is 12.6. The van der Waals surface area contributed by atoms with Crippen LogP contribution in [-0.4, -0.2) is 28.6 Å². The third kappa shape index (κ3) is 3.89. The lowest BCUT2D eigenvalue weighted by Gasteiger charge is -2.13. The highest BCUT2D eigenvalue weighted by Gasteiger charge is 2.23. The molecule has 0 spiro atoms. The number of ether oxygens (including phenoxy) is 2. The van der Waals surface area contributed by atoms with Gasteiger partial charge in [0.1, 0.15) is 4.90 Å². The Kier molecular flexibility index (Phi) is 5.29.